The molecule has 0 saturated heterocycles. The lowest BCUT2D eigenvalue weighted by Crippen LogP contribution is -2.30. The Morgan fingerprint density at radius 3 is 2.35 bits per heavy atom. The standard InChI is InChI=1S/C21H22FN5O4S3/c1-3-27(4-2)34(30,31)15-11-9-14(10-12-15)19(29)24-20-25-26-21(33-20)32-13-18(28)23-17-8-6-5-7-16(17)22/h5-12H,3-4,13H2,1-2H3,(H,23,28)(H,24,25,29). The van der Waals surface area contributed by atoms with Gasteiger partial charge in [-0.1, -0.05) is 49.1 Å². The molecule has 0 spiro atoms. The van der Waals surface area contributed by atoms with Crippen molar-refractivity contribution in [3.8, 4) is 0 Å². The SMILES string of the molecule is CCN(CC)S(=O)(=O)c1ccc(C(=O)Nc2nnc(SCC(=O)Nc3ccccc3F)s2)cc1. The van der Waals surface area contributed by atoms with Crippen LogP contribution in [0.5, 0.6) is 0 Å². The molecule has 3 rings (SSSR count). The van der Waals surface area contributed by atoms with Gasteiger partial charge >= 0.3 is 0 Å². The highest BCUT2D eigenvalue weighted by Gasteiger charge is 2.22. The maximum absolute atomic E-state index is 13.6. The third-order valence-electron chi connectivity index (χ3n) is 4.56. The van der Waals surface area contributed by atoms with Gasteiger partial charge in [0.15, 0.2) is 4.34 Å². The number of nitrogens with zero attached hydrogens (tertiary/aromatic N) is 3. The third kappa shape index (κ3) is 6.38. The first-order valence-corrected chi connectivity index (χ1v) is 13.4. The number of benzene rings is 2. The van der Waals surface area contributed by atoms with Gasteiger partial charge in [-0.05, 0) is 36.4 Å². The van der Waals surface area contributed by atoms with Crippen molar-refractivity contribution in [2.24, 2.45) is 0 Å². The van der Waals surface area contributed by atoms with Crippen LogP contribution in [0.4, 0.5) is 15.2 Å². The summed E-state index contributed by atoms with van der Waals surface area (Å²) in [6.45, 7) is 4.21. The minimum Gasteiger partial charge on any atom is -0.323 e. The number of carbonyl (C=O) groups excluding carboxylic acids is 2. The van der Waals surface area contributed by atoms with E-state index >= 15 is 0 Å². The highest BCUT2D eigenvalue weighted by molar-refractivity contribution is 8.01. The van der Waals surface area contributed by atoms with Gasteiger partial charge in [0.2, 0.25) is 21.1 Å². The minimum atomic E-state index is -3.61. The molecule has 0 aliphatic heterocycles. The quantitative estimate of drug-likeness (QED) is 0.307. The van der Waals surface area contributed by atoms with Crippen molar-refractivity contribution >= 4 is 55.8 Å². The lowest BCUT2D eigenvalue weighted by atomic mass is 10.2. The van der Waals surface area contributed by atoms with Crippen molar-refractivity contribution in [1.29, 1.82) is 0 Å². The Morgan fingerprint density at radius 2 is 1.71 bits per heavy atom. The van der Waals surface area contributed by atoms with Gasteiger partial charge in [0.05, 0.1) is 16.3 Å². The predicted octanol–water partition coefficient (Wildman–Crippen LogP) is 3.69. The number of sulfonamides is 1. The van der Waals surface area contributed by atoms with Crippen LogP contribution in [0.1, 0.15) is 24.2 Å². The first-order chi connectivity index (χ1) is 16.2. The fourth-order valence-corrected chi connectivity index (χ4v) is 5.86. The number of rotatable bonds is 10. The van der Waals surface area contributed by atoms with Crippen LogP contribution in [-0.4, -0.2) is 53.6 Å². The molecular weight excluding hydrogens is 501 g/mol. The van der Waals surface area contributed by atoms with Crippen molar-refractivity contribution < 1.29 is 22.4 Å². The number of nitrogens with one attached hydrogen (secondary N) is 2. The van der Waals surface area contributed by atoms with Crippen molar-refractivity contribution in [1.82, 2.24) is 14.5 Å². The van der Waals surface area contributed by atoms with Crippen LogP contribution in [-0.2, 0) is 14.8 Å². The summed E-state index contributed by atoms with van der Waals surface area (Å²) in [5.41, 5.74) is 0.349. The maximum Gasteiger partial charge on any atom is 0.257 e. The summed E-state index contributed by atoms with van der Waals surface area (Å²) in [5.74, 6) is -1.42. The number of thioether (sulfide) groups is 1. The van der Waals surface area contributed by atoms with Crippen LogP contribution in [0.2, 0.25) is 0 Å². The first kappa shape index (κ1) is 25.7. The number of para-hydroxylation sites is 1. The molecule has 13 heteroatoms. The number of hydrogen-bond acceptors (Lipinski definition) is 8. The normalized spacial score (nSPS) is 11.4. The molecule has 0 aliphatic rings. The van der Waals surface area contributed by atoms with E-state index in [-0.39, 0.29) is 27.0 Å². The number of aromatic nitrogens is 2. The first-order valence-electron chi connectivity index (χ1n) is 10.2. The monoisotopic (exact) mass is 523 g/mol. The van der Waals surface area contributed by atoms with Gasteiger partial charge in [-0.3, -0.25) is 14.9 Å². The van der Waals surface area contributed by atoms with E-state index < -0.39 is 27.7 Å². The van der Waals surface area contributed by atoms with Crippen molar-refractivity contribution in [3.05, 3.63) is 59.9 Å². The molecule has 0 unspecified atom stereocenters. The molecule has 0 aliphatic carbocycles. The van der Waals surface area contributed by atoms with Crippen molar-refractivity contribution in [2.75, 3.05) is 29.5 Å². The molecule has 0 bridgehead atoms. The lowest BCUT2D eigenvalue weighted by molar-refractivity contribution is -0.113. The smallest absolute Gasteiger partial charge is 0.257 e. The van der Waals surface area contributed by atoms with Crippen LogP contribution in [0.3, 0.4) is 0 Å². The topological polar surface area (TPSA) is 121 Å². The molecule has 2 aromatic carbocycles. The third-order valence-corrected chi connectivity index (χ3v) is 8.60. The zero-order valence-electron chi connectivity index (χ0n) is 18.3. The Hall–Kier alpha value is -2.87. The van der Waals surface area contributed by atoms with Gasteiger partial charge in [0.1, 0.15) is 5.82 Å². The van der Waals surface area contributed by atoms with E-state index in [4.69, 9.17) is 0 Å². The second-order valence-corrected chi connectivity index (χ2v) is 10.9. The van der Waals surface area contributed by atoms with E-state index in [0.29, 0.717) is 17.4 Å². The maximum atomic E-state index is 13.6. The fraction of sp³-hybridized carbons (Fsp3) is 0.238. The fourth-order valence-electron chi connectivity index (χ4n) is 2.85. The second kappa shape index (κ2) is 11.5. The van der Waals surface area contributed by atoms with Crippen LogP contribution in [0, 0.1) is 5.82 Å². The summed E-state index contributed by atoms with van der Waals surface area (Å²) in [6, 6.07) is 11.5. The molecule has 1 heterocycles. The largest absolute Gasteiger partial charge is 0.323 e. The molecule has 0 saturated carbocycles. The van der Waals surface area contributed by atoms with Gasteiger partial charge in [-0.15, -0.1) is 10.2 Å². The average molecular weight is 524 g/mol. The Balaban J connectivity index is 1.56. The van der Waals surface area contributed by atoms with E-state index in [1.165, 1.54) is 46.8 Å². The molecule has 1 aromatic heterocycles. The van der Waals surface area contributed by atoms with Gasteiger partial charge < -0.3 is 5.32 Å². The highest BCUT2D eigenvalue weighted by Crippen LogP contribution is 2.26. The molecule has 2 amide bonds. The molecule has 2 N–H and O–H groups in total. The predicted molar refractivity (Wildman–Crippen MR) is 130 cm³/mol. The summed E-state index contributed by atoms with van der Waals surface area (Å²) in [5, 5.41) is 13.1. The zero-order chi connectivity index (χ0) is 24.7. The Morgan fingerprint density at radius 1 is 1.03 bits per heavy atom. The number of anilines is 2. The molecule has 3 aromatic rings. The summed E-state index contributed by atoms with van der Waals surface area (Å²) >= 11 is 2.17. The van der Waals surface area contributed by atoms with E-state index in [1.54, 1.807) is 19.9 Å². The van der Waals surface area contributed by atoms with Gasteiger partial charge in [-0.25, -0.2) is 12.8 Å². The molecule has 180 valence electrons. The molecule has 0 fully saturated rings. The molecule has 9 nitrogen and oxygen atoms in total. The molecule has 0 atom stereocenters. The molecule has 34 heavy (non-hydrogen) atoms. The van der Waals surface area contributed by atoms with Gasteiger partial charge in [0, 0.05) is 18.7 Å². The molecular formula is C21H22FN5O4S3. The van der Waals surface area contributed by atoms with Crippen LogP contribution in [0.15, 0.2) is 57.8 Å². The van der Waals surface area contributed by atoms with Gasteiger partial charge in [-0.2, -0.15) is 4.31 Å². The lowest BCUT2D eigenvalue weighted by Gasteiger charge is -2.18. The summed E-state index contributed by atoms with van der Waals surface area (Å²) in [6.07, 6.45) is 0. The van der Waals surface area contributed by atoms with E-state index in [0.717, 1.165) is 23.1 Å². The van der Waals surface area contributed by atoms with E-state index in [1.807, 2.05) is 0 Å². The van der Waals surface area contributed by atoms with Crippen molar-refractivity contribution in [3.63, 3.8) is 0 Å². The summed E-state index contributed by atoms with van der Waals surface area (Å²) in [4.78, 5) is 24.6. The number of amides is 2. The zero-order valence-corrected chi connectivity index (χ0v) is 20.8. The van der Waals surface area contributed by atoms with Crippen molar-refractivity contribution in [2.45, 2.75) is 23.1 Å². The van der Waals surface area contributed by atoms with E-state index in [2.05, 4.69) is 20.8 Å². The van der Waals surface area contributed by atoms with Crippen LogP contribution < -0.4 is 10.6 Å². The van der Waals surface area contributed by atoms with E-state index in [9.17, 15) is 22.4 Å². The average Bonchev–Trinajstić information content (AvgIpc) is 3.27. The van der Waals surface area contributed by atoms with Crippen LogP contribution >= 0.6 is 23.1 Å². The summed E-state index contributed by atoms with van der Waals surface area (Å²) in [7, 11) is -3.61. The van der Waals surface area contributed by atoms with Crippen LogP contribution in [0.25, 0.3) is 0 Å². The number of hydrogen-bond donors (Lipinski definition) is 2. The highest BCUT2D eigenvalue weighted by atomic mass is 32.2. The summed E-state index contributed by atoms with van der Waals surface area (Å²) < 4.78 is 40.5. The Bertz CT molecular complexity index is 1260. The number of halogens is 1. The Kier molecular flexibility index (Phi) is 8.72. The second-order valence-electron chi connectivity index (χ2n) is 6.76. The molecule has 0 radical (unpaired) electrons. The number of carbonyl (C=O) groups is 2. The minimum absolute atomic E-state index is 0.0145. The Labute approximate surface area is 204 Å². The van der Waals surface area contributed by atoms with Gasteiger partial charge in [0.25, 0.3) is 5.91 Å².